The number of nitrogens with zero attached hydrogens (tertiary/aromatic N) is 1. The van der Waals surface area contributed by atoms with Crippen LogP contribution in [0.5, 0.6) is 0 Å². The van der Waals surface area contributed by atoms with Crippen LogP contribution < -0.4 is 0 Å². The van der Waals surface area contributed by atoms with Crippen LogP contribution in [0.15, 0.2) is 24.3 Å². The highest BCUT2D eigenvalue weighted by atomic mass is 16.1. The van der Waals surface area contributed by atoms with Gasteiger partial charge >= 0.3 is 0 Å². The number of hydrogen-bond donors (Lipinski definition) is 0. The zero-order valence-corrected chi connectivity index (χ0v) is 11.5. The lowest BCUT2D eigenvalue weighted by Gasteiger charge is -2.35. The van der Waals surface area contributed by atoms with Gasteiger partial charge in [-0.2, -0.15) is 0 Å². The van der Waals surface area contributed by atoms with E-state index < -0.39 is 0 Å². The molecule has 0 spiro atoms. The highest BCUT2D eigenvalue weighted by Gasteiger charge is 2.20. The van der Waals surface area contributed by atoms with Gasteiger partial charge in [-0.15, -0.1) is 0 Å². The van der Waals surface area contributed by atoms with Crippen molar-refractivity contribution in [2.75, 3.05) is 19.6 Å². The van der Waals surface area contributed by atoms with E-state index in [2.05, 4.69) is 32.9 Å². The maximum Gasteiger partial charge on any atom is 0.159 e. The molecule has 0 bridgehead atoms. The lowest BCUT2D eigenvalue weighted by Crippen LogP contribution is -2.46. The third-order valence-electron chi connectivity index (χ3n) is 3.89. The van der Waals surface area contributed by atoms with E-state index >= 15 is 0 Å². The van der Waals surface area contributed by atoms with Gasteiger partial charge in [-0.3, -0.25) is 4.79 Å². The monoisotopic (exact) mass is 234 g/mol. The largest absolute Gasteiger partial charge is 0.321 e. The average Bonchev–Trinajstić information content (AvgIpc) is 2.37. The first kappa shape index (κ1) is 13.9. The molecule has 2 heteroatoms. The summed E-state index contributed by atoms with van der Waals surface area (Å²) in [5.74, 6) is 0.138. The minimum atomic E-state index is 0.138. The van der Waals surface area contributed by atoms with Crippen LogP contribution in [0.3, 0.4) is 0 Å². The minimum absolute atomic E-state index is 0.138. The van der Waals surface area contributed by atoms with E-state index in [1.54, 1.807) is 6.92 Å². The van der Waals surface area contributed by atoms with Gasteiger partial charge in [0.25, 0.3) is 0 Å². The number of hydrogen-bond acceptors (Lipinski definition) is 1. The second kappa shape index (κ2) is 5.97. The van der Waals surface area contributed by atoms with Crippen LogP contribution in [0.25, 0.3) is 0 Å². The molecule has 1 rings (SSSR count). The molecule has 0 N–H and O–H groups in total. The van der Waals surface area contributed by atoms with E-state index in [0.717, 1.165) is 36.2 Å². The van der Waals surface area contributed by atoms with Gasteiger partial charge in [0, 0.05) is 11.1 Å². The zero-order chi connectivity index (χ0) is 12.9. The third kappa shape index (κ3) is 3.40. The van der Waals surface area contributed by atoms with Gasteiger partial charge in [-0.05, 0) is 27.7 Å². The van der Waals surface area contributed by atoms with Crippen LogP contribution in [0.1, 0.15) is 43.6 Å². The number of carbonyl (C=O) groups excluding carboxylic acids is 1. The molecule has 94 valence electrons. The molecule has 0 unspecified atom stereocenters. The Morgan fingerprint density at radius 3 is 1.82 bits per heavy atom. The molecule has 0 heterocycles. The summed E-state index contributed by atoms with van der Waals surface area (Å²) in [6, 6.07) is 8.05. The van der Waals surface area contributed by atoms with E-state index in [4.69, 9.17) is 0 Å². The average molecular weight is 234 g/mol. The maximum atomic E-state index is 11.2. The molecule has 0 aliphatic heterocycles. The highest BCUT2D eigenvalue weighted by molar-refractivity contribution is 5.93. The molecule has 1 aromatic rings. The summed E-state index contributed by atoms with van der Waals surface area (Å²) >= 11 is 0. The van der Waals surface area contributed by atoms with Crippen LogP contribution in [-0.2, 0) is 6.54 Å². The number of quaternary nitrogens is 1. The smallest absolute Gasteiger partial charge is 0.159 e. The summed E-state index contributed by atoms with van der Waals surface area (Å²) in [5.41, 5.74) is 2.12. The normalized spacial score (nSPS) is 11.5. The standard InChI is InChI=1S/C15H24NO/c1-5-16(6-2,7-3)12-14-8-10-15(11-9-14)13(4)17/h8-11H,5-7,12H2,1-4H3/q+1. The summed E-state index contributed by atoms with van der Waals surface area (Å²) in [6.07, 6.45) is 0. The first-order valence-electron chi connectivity index (χ1n) is 6.52. The molecular weight excluding hydrogens is 210 g/mol. The Morgan fingerprint density at radius 1 is 1.00 bits per heavy atom. The number of Topliss-reactive ketones (excluding diaryl/α,β-unsaturated/α-hetero) is 1. The van der Waals surface area contributed by atoms with Crippen molar-refractivity contribution < 1.29 is 9.28 Å². The van der Waals surface area contributed by atoms with Crippen molar-refractivity contribution in [2.24, 2.45) is 0 Å². The summed E-state index contributed by atoms with van der Waals surface area (Å²) in [7, 11) is 0. The Labute approximate surface area is 105 Å². The molecule has 0 radical (unpaired) electrons. The summed E-state index contributed by atoms with van der Waals surface area (Å²) in [5, 5.41) is 0. The van der Waals surface area contributed by atoms with Crippen molar-refractivity contribution in [3.63, 3.8) is 0 Å². The van der Waals surface area contributed by atoms with Crippen LogP contribution in [0.4, 0.5) is 0 Å². The van der Waals surface area contributed by atoms with Crippen LogP contribution >= 0.6 is 0 Å². The van der Waals surface area contributed by atoms with Gasteiger partial charge in [0.15, 0.2) is 5.78 Å². The highest BCUT2D eigenvalue weighted by Crippen LogP contribution is 2.15. The molecule has 2 nitrogen and oxygen atoms in total. The molecule has 0 atom stereocenters. The molecule has 1 aromatic carbocycles. The zero-order valence-electron chi connectivity index (χ0n) is 11.5. The predicted molar refractivity (Wildman–Crippen MR) is 72.0 cm³/mol. The summed E-state index contributed by atoms with van der Waals surface area (Å²) < 4.78 is 1.11. The Balaban J connectivity index is 2.84. The molecule has 0 saturated heterocycles. The molecule has 0 aromatic heterocycles. The van der Waals surface area contributed by atoms with Crippen molar-refractivity contribution >= 4 is 5.78 Å². The van der Waals surface area contributed by atoms with Crippen LogP contribution in [0, 0.1) is 0 Å². The van der Waals surface area contributed by atoms with Crippen molar-refractivity contribution in [3.8, 4) is 0 Å². The van der Waals surface area contributed by atoms with Crippen LogP contribution in [-0.4, -0.2) is 29.9 Å². The number of carbonyl (C=O) groups is 1. The fraction of sp³-hybridized carbons (Fsp3) is 0.533. The number of rotatable bonds is 6. The van der Waals surface area contributed by atoms with Gasteiger partial charge in [0.2, 0.25) is 0 Å². The van der Waals surface area contributed by atoms with E-state index in [0.29, 0.717) is 0 Å². The minimum Gasteiger partial charge on any atom is -0.321 e. The molecule has 0 fully saturated rings. The first-order chi connectivity index (χ1) is 8.06. The second-order valence-electron chi connectivity index (χ2n) is 4.70. The third-order valence-corrected chi connectivity index (χ3v) is 3.89. The van der Waals surface area contributed by atoms with Gasteiger partial charge in [-0.25, -0.2) is 0 Å². The lowest BCUT2D eigenvalue weighted by molar-refractivity contribution is -0.936. The predicted octanol–water partition coefficient (Wildman–Crippen LogP) is 3.27. The Morgan fingerprint density at radius 2 is 1.47 bits per heavy atom. The Bertz CT molecular complexity index is 355. The molecular formula is C15H24NO+. The van der Waals surface area contributed by atoms with E-state index in [1.165, 1.54) is 5.56 Å². The van der Waals surface area contributed by atoms with Gasteiger partial charge in [-0.1, -0.05) is 24.3 Å². The van der Waals surface area contributed by atoms with E-state index in [9.17, 15) is 4.79 Å². The van der Waals surface area contributed by atoms with E-state index in [1.807, 2.05) is 12.1 Å². The van der Waals surface area contributed by atoms with Crippen molar-refractivity contribution in [1.29, 1.82) is 0 Å². The lowest BCUT2D eigenvalue weighted by atomic mass is 10.1. The van der Waals surface area contributed by atoms with Crippen LogP contribution in [0.2, 0.25) is 0 Å². The van der Waals surface area contributed by atoms with Crippen molar-refractivity contribution in [1.82, 2.24) is 0 Å². The first-order valence-corrected chi connectivity index (χ1v) is 6.52. The molecule has 0 saturated carbocycles. The molecule has 17 heavy (non-hydrogen) atoms. The Hall–Kier alpha value is -1.15. The van der Waals surface area contributed by atoms with Gasteiger partial charge in [0.05, 0.1) is 19.6 Å². The second-order valence-corrected chi connectivity index (χ2v) is 4.70. The Kier molecular flexibility index (Phi) is 4.88. The molecule has 0 amide bonds. The summed E-state index contributed by atoms with van der Waals surface area (Å²) in [4.78, 5) is 11.2. The van der Waals surface area contributed by atoms with E-state index in [-0.39, 0.29) is 5.78 Å². The number of benzene rings is 1. The fourth-order valence-corrected chi connectivity index (χ4v) is 2.24. The quantitative estimate of drug-likeness (QED) is 0.545. The molecule has 0 aliphatic carbocycles. The fourth-order valence-electron chi connectivity index (χ4n) is 2.24. The SMILES string of the molecule is CC[N+](CC)(CC)Cc1ccc(C(C)=O)cc1. The topological polar surface area (TPSA) is 17.1 Å². The molecule has 0 aliphatic rings. The number of ketones is 1. The van der Waals surface area contributed by atoms with Gasteiger partial charge in [0.1, 0.15) is 6.54 Å². The maximum absolute atomic E-state index is 11.2. The van der Waals surface area contributed by atoms with Crippen molar-refractivity contribution in [3.05, 3.63) is 35.4 Å². The summed E-state index contributed by atoms with van der Waals surface area (Å²) in [6.45, 7) is 12.9. The van der Waals surface area contributed by atoms with Crippen molar-refractivity contribution in [2.45, 2.75) is 34.2 Å². The van der Waals surface area contributed by atoms with Gasteiger partial charge < -0.3 is 4.48 Å².